The predicted octanol–water partition coefficient (Wildman–Crippen LogP) is 2.46. The Labute approximate surface area is 277 Å². The van der Waals surface area contributed by atoms with Gasteiger partial charge in [-0.2, -0.15) is 0 Å². The Morgan fingerprint density at radius 3 is 2.40 bits per heavy atom. The summed E-state index contributed by atoms with van der Waals surface area (Å²) in [6.45, 7) is 4.56. The summed E-state index contributed by atoms with van der Waals surface area (Å²) in [7, 11) is 1.44. The Morgan fingerprint density at radius 1 is 0.957 bits per heavy atom. The van der Waals surface area contributed by atoms with Gasteiger partial charge in [0.1, 0.15) is 19.0 Å². The van der Waals surface area contributed by atoms with Crippen LogP contribution in [0.3, 0.4) is 0 Å². The average Bonchev–Trinajstić information content (AvgIpc) is 3.40. The lowest BCUT2D eigenvalue weighted by atomic mass is 9.88. The van der Waals surface area contributed by atoms with Gasteiger partial charge in [-0.15, -0.1) is 0 Å². The number of aliphatic hydroxyl groups excluding tert-OH is 2. The molecule has 10 heteroatoms. The van der Waals surface area contributed by atoms with E-state index in [-0.39, 0.29) is 24.8 Å². The van der Waals surface area contributed by atoms with Crippen LogP contribution in [-0.2, 0) is 38.3 Å². The first kappa shape index (κ1) is 34.5. The fraction of sp³-hybridized carbons (Fsp3) is 0.459. The van der Waals surface area contributed by atoms with E-state index in [1.165, 1.54) is 7.11 Å². The maximum Gasteiger partial charge on any atom is 0.246 e. The highest BCUT2D eigenvalue weighted by Crippen LogP contribution is 2.32. The summed E-state index contributed by atoms with van der Waals surface area (Å²) >= 11 is 0. The molecule has 5 atom stereocenters. The van der Waals surface area contributed by atoms with E-state index in [0.29, 0.717) is 25.9 Å². The molecule has 0 saturated carbocycles. The minimum absolute atomic E-state index is 0.0961. The molecule has 0 bridgehead atoms. The number of hydrogen-bond donors (Lipinski definition) is 4. The molecule has 1 heterocycles. The maximum atomic E-state index is 14.0. The van der Waals surface area contributed by atoms with Gasteiger partial charge in [0, 0.05) is 39.1 Å². The van der Waals surface area contributed by atoms with Crippen molar-refractivity contribution < 1.29 is 34.0 Å². The summed E-state index contributed by atoms with van der Waals surface area (Å²) in [5.41, 5.74) is 3.77. The van der Waals surface area contributed by atoms with Crippen molar-refractivity contribution in [1.82, 2.24) is 15.5 Å². The van der Waals surface area contributed by atoms with Crippen LogP contribution in [0.25, 0.3) is 0 Å². The van der Waals surface area contributed by atoms with Crippen LogP contribution in [0.15, 0.2) is 78.9 Å². The predicted molar refractivity (Wildman–Crippen MR) is 178 cm³/mol. The number of methoxy groups -OCH3 is 1. The first-order valence-electron chi connectivity index (χ1n) is 16.5. The zero-order valence-electron chi connectivity index (χ0n) is 27.1. The molecular formula is C37H47N3O7. The first-order chi connectivity index (χ1) is 22.9. The van der Waals surface area contributed by atoms with Crippen LogP contribution in [0.2, 0.25) is 0 Å². The van der Waals surface area contributed by atoms with Crippen molar-refractivity contribution in [3.63, 3.8) is 0 Å². The molecule has 0 spiro atoms. The number of carbonyl (C=O) groups is 2. The highest BCUT2D eigenvalue weighted by Gasteiger charge is 2.35. The van der Waals surface area contributed by atoms with E-state index in [1.807, 2.05) is 78.9 Å². The Balaban J connectivity index is 1.29. The molecule has 2 aliphatic rings. The SMILES string of the molecule is COCC(=O)NC(Cc1ccccc1)C(O)CC(Cc1ccc(OCCN2CCOCC2)cc1)C(=O)N[C@H]1c2ccccc2C[C@@H]1O. The van der Waals surface area contributed by atoms with Gasteiger partial charge in [0.05, 0.1) is 37.5 Å². The monoisotopic (exact) mass is 645 g/mol. The highest BCUT2D eigenvalue weighted by molar-refractivity contribution is 5.80. The number of ether oxygens (including phenoxy) is 3. The van der Waals surface area contributed by atoms with Gasteiger partial charge in [0.2, 0.25) is 11.8 Å². The molecule has 1 aliphatic carbocycles. The van der Waals surface area contributed by atoms with Crippen molar-refractivity contribution in [2.24, 2.45) is 5.92 Å². The Bertz CT molecular complexity index is 1410. The molecule has 1 fully saturated rings. The van der Waals surface area contributed by atoms with Crippen LogP contribution in [0.4, 0.5) is 0 Å². The molecule has 3 unspecified atom stereocenters. The minimum atomic E-state index is -1.03. The number of amides is 2. The van der Waals surface area contributed by atoms with Gasteiger partial charge >= 0.3 is 0 Å². The van der Waals surface area contributed by atoms with Gasteiger partial charge in [0.25, 0.3) is 0 Å². The van der Waals surface area contributed by atoms with Gasteiger partial charge in [0.15, 0.2) is 0 Å². The molecule has 252 valence electrons. The third-order valence-electron chi connectivity index (χ3n) is 8.97. The Kier molecular flexibility index (Phi) is 12.8. The van der Waals surface area contributed by atoms with Crippen molar-refractivity contribution in [2.45, 2.75) is 50.0 Å². The summed E-state index contributed by atoms with van der Waals surface area (Å²) < 4.78 is 16.4. The van der Waals surface area contributed by atoms with Crippen LogP contribution in [0.1, 0.15) is 34.7 Å². The number of rotatable bonds is 16. The lowest BCUT2D eigenvalue weighted by Crippen LogP contribution is -2.48. The van der Waals surface area contributed by atoms with Gasteiger partial charge in [-0.1, -0.05) is 66.7 Å². The molecule has 10 nitrogen and oxygen atoms in total. The van der Waals surface area contributed by atoms with Gasteiger partial charge < -0.3 is 35.1 Å². The second kappa shape index (κ2) is 17.4. The molecule has 3 aromatic carbocycles. The van der Waals surface area contributed by atoms with Crippen molar-refractivity contribution in [3.05, 3.63) is 101 Å². The van der Waals surface area contributed by atoms with Gasteiger partial charge in [-0.05, 0) is 53.6 Å². The second-order valence-corrected chi connectivity index (χ2v) is 12.4. The fourth-order valence-electron chi connectivity index (χ4n) is 6.41. The standard InChI is InChI=1S/C37H47N3O7/c1-45-25-35(43)38-32(22-26-7-3-2-4-8-26)33(41)24-29(37(44)39-36-31-10-6-5-9-28(31)23-34(36)42)21-27-11-13-30(14-12-27)47-20-17-40-15-18-46-19-16-40/h2-14,29,32-34,36,41-42H,15-25H2,1H3,(H,38,43)(H,39,44)/t29?,32?,33?,34-,36-/m0/s1. The van der Waals surface area contributed by atoms with E-state index in [4.69, 9.17) is 14.2 Å². The van der Waals surface area contributed by atoms with E-state index in [1.54, 1.807) is 0 Å². The zero-order valence-corrected chi connectivity index (χ0v) is 27.1. The molecule has 4 N–H and O–H groups in total. The zero-order chi connectivity index (χ0) is 33.0. The molecule has 1 aliphatic heterocycles. The van der Waals surface area contributed by atoms with E-state index in [9.17, 15) is 19.8 Å². The van der Waals surface area contributed by atoms with Crippen molar-refractivity contribution in [3.8, 4) is 5.75 Å². The fourth-order valence-corrected chi connectivity index (χ4v) is 6.41. The lowest BCUT2D eigenvalue weighted by Gasteiger charge is -2.29. The highest BCUT2D eigenvalue weighted by atomic mass is 16.5. The number of hydrogen-bond acceptors (Lipinski definition) is 8. The minimum Gasteiger partial charge on any atom is -0.492 e. The maximum absolute atomic E-state index is 14.0. The number of carbonyl (C=O) groups excluding carboxylic acids is 2. The molecule has 2 amide bonds. The topological polar surface area (TPSA) is 130 Å². The van der Waals surface area contributed by atoms with Crippen LogP contribution in [0, 0.1) is 5.92 Å². The van der Waals surface area contributed by atoms with E-state index in [2.05, 4.69) is 15.5 Å². The Hall–Kier alpha value is -3.80. The third kappa shape index (κ3) is 10.1. The average molecular weight is 646 g/mol. The molecule has 0 aromatic heterocycles. The molecule has 47 heavy (non-hydrogen) atoms. The molecule has 1 saturated heterocycles. The third-order valence-corrected chi connectivity index (χ3v) is 8.97. The number of nitrogens with one attached hydrogen (secondary N) is 2. The largest absolute Gasteiger partial charge is 0.492 e. The molecule has 0 radical (unpaired) electrons. The van der Waals surface area contributed by atoms with E-state index < -0.39 is 30.2 Å². The summed E-state index contributed by atoms with van der Waals surface area (Å²) in [4.78, 5) is 28.9. The van der Waals surface area contributed by atoms with Crippen LogP contribution >= 0.6 is 0 Å². The van der Waals surface area contributed by atoms with Crippen molar-refractivity contribution >= 4 is 11.8 Å². The van der Waals surface area contributed by atoms with Crippen molar-refractivity contribution in [1.29, 1.82) is 0 Å². The number of morpholine rings is 1. The van der Waals surface area contributed by atoms with Crippen molar-refractivity contribution in [2.75, 3.05) is 53.2 Å². The lowest BCUT2D eigenvalue weighted by molar-refractivity contribution is -0.128. The van der Waals surface area contributed by atoms with Crippen LogP contribution in [-0.4, -0.2) is 98.3 Å². The number of benzene rings is 3. The number of fused-ring (bicyclic) bond motifs is 1. The number of aliphatic hydroxyl groups is 2. The Morgan fingerprint density at radius 2 is 1.66 bits per heavy atom. The molecular weight excluding hydrogens is 598 g/mol. The summed E-state index contributed by atoms with van der Waals surface area (Å²) in [5, 5.41) is 28.4. The summed E-state index contributed by atoms with van der Waals surface area (Å²) in [6, 6.07) is 23.8. The second-order valence-electron chi connectivity index (χ2n) is 12.4. The molecule has 5 rings (SSSR count). The van der Waals surface area contributed by atoms with E-state index >= 15 is 0 Å². The normalized spacial score (nSPS) is 19.7. The summed E-state index contributed by atoms with van der Waals surface area (Å²) in [6.07, 6.45) is -0.474. The summed E-state index contributed by atoms with van der Waals surface area (Å²) in [5.74, 6) is -0.506. The van der Waals surface area contributed by atoms with Gasteiger partial charge in [-0.3, -0.25) is 14.5 Å². The van der Waals surface area contributed by atoms with Crippen LogP contribution in [0.5, 0.6) is 5.75 Å². The van der Waals surface area contributed by atoms with E-state index in [0.717, 1.165) is 60.9 Å². The van der Waals surface area contributed by atoms with Gasteiger partial charge in [-0.25, -0.2) is 0 Å². The molecule has 3 aromatic rings. The van der Waals surface area contributed by atoms with Crippen LogP contribution < -0.4 is 15.4 Å². The first-order valence-corrected chi connectivity index (χ1v) is 16.5. The smallest absolute Gasteiger partial charge is 0.246 e. The quantitative estimate of drug-likeness (QED) is 0.187. The number of nitrogens with zero attached hydrogens (tertiary/aromatic N) is 1.